The Morgan fingerprint density at radius 3 is 2.56 bits per heavy atom. The van der Waals surface area contributed by atoms with Gasteiger partial charge >= 0.3 is 6.18 Å². The Kier molecular flexibility index (Phi) is 4.83. The van der Waals surface area contributed by atoms with E-state index in [1.165, 1.54) is 23.5 Å². The van der Waals surface area contributed by atoms with E-state index in [-0.39, 0.29) is 24.1 Å². The van der Waals surface area contributed by atoms with Gasteiger partial charge in [0.05, 0.1) is 11.7 Å². The monoisotopic (exact) mass is 370 g/mol. The van der Waals surface area contributed by atoms with Crippen molar-refractivity contribution >= 4 is 17.2 Å². The van der Waals surface area contributed by atoms with Crippen molar-refractivity contribution in [1.82, 2.24) is 10.3 Å². The molecule has 1 fully saturated rings. The first-order valence-electron chi connectivity index (χ1n) is 7.87. The highest BCUT2D eigenvalue weighted by molar-refractivity contribution is 7.15. The molecule has 1 amide bonds. The smallest absolute Gasteiger partial charge is 0.391 e. The van der Waals surface area contributed by atoms with Crippen molar-refractivity contribution in [2.24, 2.45) is 5.92 Å². The largest absolute Gasteiger partial charge is 0.416 e. The number of hydrogen-bond donors (Lipinski definition) is 2. The van der Waals surface area contributed by atoms with Gasteiger partial charge in [-0.05, 0) is 37.8 Å². The van der Waals surface area contributed by atoms with Gasteiger partial charge in [0.25, 0.3) is 5.91 Å². The number of aromatic nitrogens is 1. The molecule has 0 bridgehead atoms. The maximum atomic E-state index is 12.6. The van der Waals surface area contributed by atoms with Crippen LogP contribution in [-0.2, 0) is 6.18 Å². The van der Waals surface area contributed by atoms with Crippen LogP contribution < -0.4 is 5.32 Å². The predicted molar refractivity (Wildman–Crippen MR) is 88.4 cm³/mol. The van der Waals surface area contributed by atoms with E-state index in [1.54, 1.807) is 6.92 Å². The number of nitrogens with zero attached hydrogens (tertiary/aromatic N) is 1. The summed E-state index contributed by atoms with van der Waals surface area (Å²) in [6.45, 7) is 1.91. The lowest BCUT2D eigenvalue weighted by molar-refractivity contribution is -0.137. The fourth-order valence-corrected chi connectivity index (χ4v) is 3.38. The van der Waals surface area contributed by atoms with Gasteiger partial charge in [0, 0.05) is 17.0 Å². The average Bonchev–Trinajstić information content (AvgIpc) is 3.34. The number of hydrogen-bond acceptors (Lipinski definition) is 4. The molecule has 0 spiro atoms. The van der Waals surface area contributed by atoms with Gasteiger partial charge in [0.1, 0.15) is 10.7 Å². The summed E-state index contributed by atoms with van der Waals surface area (Å²) in [5.41, 5.74) is 0.0395. The number of benzene rings is 1. The summed E-state index contributed by atoms with van der Waals surface area (Å²) in [6, 6.07) is 4.69. The van der Waals surface area contributed by atoms with Crippen molar-refractivity contribution < 1.29 is 23.1 Å². The standard InChI is InChI=1S/C17H17F3N2O2S/c1-9-14(15(24)21-8-13(23)10-2-3-10)22-16(25-9)11-4-6-12(7-5-11)17(18,19)20/h4-7,10,13,23H,2-3,8H2,1H3,(H,21,24). The van der Waals surface area contributed by atoms with Crippen LogP contribution in [-0.4, -0.2) is 28.6 Å². The first-order chi connectivity index (χ1) is 11.8. The van der Waals surface area contributed by atoms with Gasteiger partial charge in [0.15, 0.2) is 0 Å². The SMILES string of the molecule is Cc1sc(-c2ccc(C(F)(F)F)cc2)nc1C(=O)NCC(O)C1CC1. The number of alkyl halides is 3. The van der Waals surface area contributed by atoms with E-state index in [1.807, 2.05) is 0 Å². The van der Waals surface area contributed by atoms with Crippen molar-refractivity contribution in [3.8, 4) is 10.6 Å². The Bertz CT molecular complexity index is 767. The summed E-state index contributed by atoms with van der Waals surface area (Å²) >= 11 is 1.25. The minimum absolute atomic E-state index is 0.177. The fraction of sp³-hybridized carbons (Fsp3) is 0.412. The van der Waals surface area contributed by atoms with E-state index >= 15 is 0 Å². The molecule has 0 saturated heterocycles. The molecule has 1 unspecified atom stereocenters. The van der Waals surface area contributed by atoms with Crippen LogP contribution in [0.2, 0.25) is 0 Å². The first-order valence-corrected chi connectivity index (χ1v) is 8.68. The molecule has 2 N–H and O–H groups in total. The highest BCUT2D eigenvalue weighted by atomic mass is 32.1. The second kappa shape index (κ2) is 6.76. The molecule has 134 valence electrons. The van der Waals surface area contributed by atoms with Crippen LogP contribution in [0.25, 0.3) is 10.6 Å². The summed E-state index contributed by atoms with van der Waals surface area (Å²) in [6.07, 6.45) is -2.97. The number of carbonyl (C=O) groups is 1. The molecule has 0 radical (unpaired) electrons. The lowest BCUT2D eigenvalue weighted by Gasteiger charge is -2.09. The maximum absolute atomic E-state index is 12.6. The Morgan fingerprint density at radius 1 is 1.36 bits per heavy atom. The zero-order valence-electron chi connectivity index (χ0n) is 13.4. The third kappa shape index (κ3) is 4.19. The molecular weight excluding hydrogens is 353 g/mol. The fourth-order valence-electron chi connectivity index (χ4n) is 2.46. The molecule has 1 atom stereocenters. The number of aliphatic hydroxyl groups is 1. The van der Waals surface area contributed by atoms with Crippen LogP contribution in [0.5, 0.6) is 0 Å². The van der Waals surface area contributed by atoms with Crippen LogP contribution >= 0.6 is 11.3 Å². The molecule has 1 aliphatic carbocycles. The maximum Gasteiger partial charge on any atom is 0.416 e. The number of aryl methyl sites for hydroxylation is 1. The summed E-state index contributed by atoms with van der Waals surface area (Å²) in [5.74, 6) is -0.119. The second-order valence-corrected chi connectivity index (χ2v) is 7.32. The number of rotatable bonds is 5. The van der Waals surface area contributed by atoms with Crippen LogP contribution in [0.4, 0.5) is 13.2 Å². The third-order valence-electron chi connectivity index (χ3n) is 4.11. The molecular formula is C17H17F3N2O2S. The third-order valence-corrected chi connectivity index (χ3v) is 5.13. The van der Waals surface area contributed by atoms with Crippen molar-refractivity contribution in [3.63, 3.8) is 0 Å². The number of carbonyl (C=O) groups excluding carboxylic acids is 1. The van der Waals surface area contributed by atoms with E-state index in [0.29, 0.717) is 15.4 Å². The first kappa shape index (κ1) is 17.9. The van der Waals surface area contributed by atoms with Crippen LogP contribution in [0, 0.1) is 12.8 Å². The molecule has 1 aromatic heterocycles. The van der Waals surface area contributed by atoms with E-state index < -0.39 is 17.8 Å². The van der Waals surface area contributed by atoms with Crippen LogP contribution in [0.15, 0.2) is 24.3 Å². The molecule has 1 aliphatic rings. The van der Waals surface area contributed by atoms with E-state index in [2.05, 4.69) is 10.3 Å². The summed E-state index contributed by atoms with van der Waals surface area (Å²) < 4.78 is 37.9. The Morgan fingerprint density at radius 2 is 2.00 bits per heavy atom. The highest BCUT2D eigenvalue weighted by Crippen LogP contribution is 2.33. The number of amides is 1. The normalized spacial score (nSPS) is 15.9. The van der Waals surface area contributed by atoms with Crippen LogP contribution in [0.1, 0.15) is 33.8 Å². The zero-order chi connectivity index (χ0) is 18.2. The van der Waals surface area contributed by atoms with Gasteiger partial charge in [-0.15, -0.1) is 11.3 Å². The molecule has 8 heteroatoms. The molecule has 25 heavy (non-hydrogen) atoms. The Balaban J connectivity index is 1.72. The molecule has 0 aliphatic heterocycles. The number of thiazole rings is 1. The molecule has 3 rings (SSSR count). The van der Waals surface area contributed by atoms with Gasteiger partial charge in [-0.1, -0.05) is 12.1 Å². The van der Waals surface area contributed by atoms with Crippen molar-refractivity contribution in [3.05, 3.63) is 40.4 Å². The highest BCUT2D eigenvalue weighted by Gasteiger charge is 2.31. The zero-order valence-corrected chi connectivity index (χ0v) is 14.2. The van der Waals surface area contributed by atoms with Gasteiger partial charge in [-0.2, -0.15) is 13.2 Å². The predicted octanol–water partition coefficient (Wildman–Crippen LogP) is 3.64. The van der Waals surface area contributed by atoms with Gasteiger partial charge in [0.2, 0.25) is 0 Å². The summed E-state index contributed by atoms with van der Waals surface area (Å²) in [7, 11) is 0. The molecule has 2 aromatic rings. The van der Waals surface area contributed by atoms with E-state index in [4.69, 9.17) is 0 Å². The quantitative estimate of drug-likeness (QED) is 0.845. The topological polar surface area (TPSA) is 62.2 Å². The Hall–Kier alpha value is -1.93. The Labute approximate surface area is 146 Å². The van der Waals surface area contributed by atoms with Crippen molar-refractivity contribution in [1.29, 1.82) is 0 Å². The minimum atomic E-state index is -4.38. The van der Waals surface area contributed by atoms with E-state index in [0.717, 1.165) is 25.0 Å². The van der Waals surface area contributed by atoms with Gasteiger partial charge in [-0.25, -0.2) is 4.98 Å². The number of aliphatic hydroxyl groups excluding tert-OH is 1. The van der Waals surface area contributed by atoms with Gasteiger partial charge in [-0.3, -0.25) is 4.79 Å². The van der Waals surface area contributed by atoms with E-state index in [9.17, 15) is 23.1 Å². The van der Waals surface area contributed by atoms with Crippen LogP contribution in [0.3, 0.4) is 0 Å². The summed E-state index contributed by atoms with van der Waals surface area (Å²) in [4.78, 5) is 17.1. The second-order valence-electron chi connectivity index (χ2n) is 6.11. The molecule has 1 heterocycles. The molecule has 4 nitrogen and oxygen atoms in total. The van der Waals surface area contributed by atoms with Crippen molar-refractivity contribution in [2.75, 3.05) is 6.54 Å². The molecule has 1 aromatic carbocycles. The lowest BCUT2D eigenvalue weighted by Crippen LogP contribution is -2.33. The number of nitrogens with one attached hydrogen (secondary N) is 1. The summed E-state index contributed by atoms with van der Waals surface area (Å²) in [5, 5.41) is 13.0. The van der Waals surface area contributed by atoms with Gasteiger partial charge < -0.3 is 10.4 Å². The average molecular weight is 370 g/mol. The minimum Gasteiger partial charge on any atom is -0.391 e. The van der Waals surface area contributed by atoms with Crippen molar-refractivity contribution in [2.45, 2.75) is 32.0 Å². The lowest BCUT2D eigenvalue weighted by atomic mass is 10.1. The number of halogens is 3. The molecule has 1 saturated carbocycles.